The van der Waals surface area contributed by atoms with Gasteiger partial charge in [0, 0.05) is 28.7 Å². The van der Waals surface area contributed by atoms with Crippen LogP contribution in [0.25, 0.3) is 17.3 Å². The lowest BCUT2D eigenvalue weighted by molar-refractivity contribution is -0.135. The van der Waals surface area contributed by atoms with E-state index in [2.05, 4.69) is 24.1 Å². The molecule has 0 saturated heterocycles. The van der Waals surface area contributed by atoms with Crippen LogP contribution >= 0.6 is 34.5 Å². The summed E-state index contributed by atoms with van der Waals surface area (Å²) in [5.41, 5.74) is 2.90. The third-order valence-electron chi connectivity index (χ3n) is 6.37. The number of rotatable bonds is 14. The van der Waals surface area contributed by atoms with Crippen molar-refractivity contribution in [1.82, 2.24) is 4.98 Å². The number of halogens is 2. The van der Waals surface area contributed by atoms with Gasteiger partial charge in [-0.05, 0) is 42.2 Å². The van der Waals surface area contributed by atoms with Crippen LogP contribution in [0.5, 0.6) is 5.75 Å². The van der Waals surface area contributed by atoms with Crippen LogP contribution in [0.4, 0.5) is 5.13 Å². The Hall–Kier alpha value is -3.11. The fourth-order valence-corrected chi connectivity index (χ4v) is 5.30. The topological polar surface area (TPSA) is 107 Å². The first-order valence-electron chi connectivity index (χ1n) is 12.7. The number of carboxylic acids is 1. The van der Waals surface area contributed by atoms with Crippen LogP contribution in [0.2, 0.25) is 10.0 Å². The molecule has 0 radical (unpaired) electrons. The molecule has 1 heterocycles. The van der Waals surface area contributed by atoms with Crippen molar-refractivity contribution in [1.29, 1.82) is 0 Å². The standard InChI is InChI=1S/C29H32Cl2N2O6S/c1-5-17(6-2)15-39-11-10-18-8-7-9-20(26(18)38-4)24-16-40-29(32-24)33-27(34)19-12-22(30)21(23(31)13-19)14-25(37-3)28(35)36/h7-9,12-14,16-17H,5-6,10-11,15H2,1-4H3,(H,35,36)(H,32,33,34). The number of benzene rings is 2. The summed E-state index contributed by atoms with van der Waals surface area (Å²) in [6, 6.07) is 8.68. The van der Waals surface area contributed by atoms with Crippen molar-refractivity contribution in [3.8, 4) is 17.0 Å². The van der Waals surface area contributed by atoms with Gasteiger partial charge in [0.25, 0.3) is 5.91 Å². The van der Waals surface area contributed by atoms with Gasteiger partial charge in [0.2, 0.25) is 5.76 Å². The third kappa shape index (κ3) is 7.97. The number of nitrogens with one attached hydrogen (secondary N) is 1. The molecule has 0 bridgehead atoms. The minimum absolute atomic E-state index is 0.0960. The molecule has 1 amide bonds. The summed E-state index contributed by atoms with van der Waals surface area (Å²) < 4.78 is 16.5. The highest BCUT2D eigenvalue weighted by Crippen LogP contribution is 2.35. The number of nitrogens with zero attached hydrogens (tertiary/aromatic N) is 1. The maximum absolute atomic E-state index is 12.9. The molecular formula is C29H32Cl2N2O6S. The number of amides is 1. The van der Waals surface area contributed by atoms with Crippen molar-refractivity contribution < 1.29 is 28.9 Å². The summed E-state index contributed by atoms with van der Waals surface area (Å²) in [7, 11) is 2.85. The molecule has 8 nitrogen and oxygen atoms in total. The average Bonchev–Trinajstić information content (AvgIpc) is 3.40. The molecule has 0 unspecified atom stereocenters. The van der Waals surface area contributed by atoms with Crippen LogP contribution in [0.3, 0.4) is 0 Å². The SMILES string of the molecule is CCC(CC)COCCc1cccc(-c2csc(NC(=O)c3cc(Cl)c(C=C(OC)C(=O)O)c(Cl)c3)n2)c1OC. The van der Waals surface area contributed by atoms with E-state index in [-0.39, 0.29) is 26.9 Å². The maximum atomic E-state index is 12.9. The first kappa shape index (κ1) is 31.4. The van der Waals surface area contributed by atoms with Crippen molar-refractivity contribution in [2.45, 2.75) is 33.1 Å². The number of aromatic nitrogens is 1. The van der Waals surface area contributed by atoms with E-state index in [0.717, 1.165) is 36.3 Å². The lowest BCUT2D eigenvalue weighted by atomic mass is 10.0. The molecule has 214 valence electrons. The van der Waals surface area contributed by atoms with Crippen LogP contribution in [0.15, 0.2) is 41.5 Å². The summed E-state index contributed by atoms with van der Waals surface area (Å²) in [5, 5.41) is 14.4. The molecule has 3 aromatic rings. The molecule has 3 rings (SSSR count). The molecule has 0 aliphatic carbocycles. The summed E-state index contributed by atoms with van der Waals surface area (Å²) in [4.78, 5) is 28.8. The van der Waals surface area contributed by atoms with Crippen molar-refractivity contribution in [2.75, 3.05) is 32.8 Å². The fraction of sp³-hybridized carbons (Fsp3) is 0.345. The molecule has 0 atom stereocenters. The molecule has 0 spiro atoms. The van der Waals surface area contributed by atoms with Gasteiger partial charge < -0.3 is 19.3 Å². The van der Waals surface area contributed by atoms with E-state index in [1.807, 2.05) is 23.6 Å². The number of methoxy groups -OCH3 is 2. The molecule has 0 fully saturated rings. The molecule has 11 heteroatoms. The maximum Gasteiger partial charge on any atom is 0.371 e. The second-order valence-electron chi connectivity index (χ2n) is 8.87. The predicted octanol–water partition coefficient (Wildman–Crippen LogP) is 7.45. The highest BCUT2D eigenvalue weighted by atomic mass is 35.5. The Morgan fingerprint density at radius 1 is 1.15 bits per heavy atom. The molecule has 0 aliphatic rings. The van der Waals surface area contributed by atoms with Gasteiger partial charge in [0.05, 0.1) is 36.6 Å². The third-order valence-corrected chi connectivity index (χ3v) is 7.76. The molecular weight excluding hydrogens is 575 g/mol. The molecule has 1 aromatic heterocycles. The van der Waals surface area contributed by atoms with E-state index >= 15 is 0 Å². The number of thiazole rings is 1. The average molecular weight is 608 g/mol. The first-order chi connectivity index (χ1) is 19.2. The number of hydrogen-bond donors (Lipinski definition) is 2. The van der Waals surface area contributed by atoms with Gasteiger partial charge in [-0.25, -0.2) is 9.78 Å². The Morgan fingerprint density at radius 2 is 1.85 bits per heavy atom. The van der Waals surface area contributed by atoms with Gasteiger partial charge in [-0.1, -0.05) is 62.0 Å². The van der Waals surface area contributed by atoms with Gasteiger partial charge in [0.15, 0.2) is 5.13 Å². The Morgan fingerprint density at radius 3 is 2.45 bits per heavy atom. The fourth-order valence-electron chi connectivity index (χ4n) is 4.00. The number of anilines is 1. The van der Waals surface area contributed by atoms with Crippen molar-refractivity contribution >= 4 is 57.6 Å². The first-order valence-corrected chi connectivity index (χ1v) is 14.3. The van der Waals surface area contributed by atoms with Gasteiger partial charge in [-0.2, -0.15) is 0 Å². The number of aliphatic carboxylic acids is 1. The van der Waals surface area contributed by atoms with Crippen LogP contribution in [0.1, 0.15) is 48.2 Å². The molecule has 0 aliphatic heterocycles. The number of hydrogen-bond acceptors (Lipinski definition) is 7. The van der Waals surface area contributed by atoms with Crippen LogP contribution in [0, 0.1) is 5.92 Å². The Bertz CT molecular complexity index is 1350. The van der Waals surface area contributed by atoms with Gasteiger partial charge in [-0.3, -0.25) is 10.1 Å². The second kappa shape index (κ2) is 15.0. The number of para-hydroxylation sites is 1. The van der Waals surface area contributed by atoms with E-state index in [4.69, 9.17) is 37.4 Å². The van der Waals surface area contributed by atoms with Crippen LogP contribution in [-0.4, -0.2) is 49.4 Å². The zero-order valence-corrected chi connectivity index (χ0v) is 25.1. The van der Waals surface area contributed by atoms with Gasteiger partial charge >= 0.3 is 5.97 Å². The number of carboxylic acid groups (broad SMARTS) is 1. The molecule has 40 heavy (non-hydrogen) atoms. The van der Waals surface area contributed by atoms with Gasteiger partial charge in [0.1, 0.15) is 5.75 Å². The minimum Gasteiger partial charge on any atom is -0.496 e. The van der Waals surface area contributed by atoms with E-state index in [0.29, 0.717) is 29.8 Å². The van der Waals surface area contributed by atoms with E-state index in [1.54, 1.807) is 7.11 Å². The zero-order chi connectivity index (χ0) is 29.2. The quantitative estimate of drug-likeness (QED) is 0.111. The minimum atomic E-state index is -1.27. The van der Waals surface area contributed by atoms with Gasteiger partial charge in [-0.15, -0.1) is 11.3 Å². The lowest BCUT2D eigenvalue weighted by Crippen LogP contribution is -2.12. The molecule has 0 saturated carbocycles. The largest absolute Gasteiger partial charge is 0.496 e. The summed E-state index contributed by atoms with van der Waals surface area (Å²) in [5.74, 6) is -0.802. The highest BCUT2D eigenvalue weighted by Gasteiger charge is 2.18. The number of ether oxygens (including phenoxy) is 3. The summed E-state index contributed by atoms with van der Waals surface area (Å²) >= 11 is 13.9. The second-order valence-corrected chi connectivity index (χ2v) is 10.5. The Labute approximate surface area is 247 Å². The predicted molar refractivity (Wildman–Crippen MR) is 160 cm³/mol. The van der Waals surface area contributed by atoms with Crippen LogP contribution in [-0.2, 0) is 20.7 Å². The van der Waals surface area contributed by atoms with E-state index in [9.17, 15) is 14.7 Å². The highest BCUT2D eigenvalue weighted by molar-refractivity contribution is 7.14. The van der Waals surface area contributed by atoms with Crippen molar-refractivity contribution in [3.05, 3.63) is 68.2 Å². The smallest absolute Gasteiger partial charge is 0.371 e. The van der Waals surface area contributed by atoms with Crippen molar-refractivity contribution in [3.63, 3.8) is 0 Å². The summed E-state index contributed by atoms with van der Waals surface area (Å²) in [6.45, 7) is 5.69. The van der Waals surface area contributed by atoms with E-state index in [1.165, 1.54) is 36.7 Å². The lowest BCUT2D eigenvalue weighted by Gasteiger charge is -2.15. The Balaban J connectivity index is 1.74. The summed E-state index contributed by atoms with van der Waals surface area (Å²) in [6.07, 6.45) is 4.10. The molecule has 2 aromatic carbocycles. The number of carbonyl (C=O) groups excluding carboxylic acids is 1. The Kier molecular flexibility index (Phi) is 11.8. The number of carbonyl (C=O) groups is 2. The zero-order valence-electron chi connectivity index (χ0n) is 22.8. The van der Waals surface area contributed by atoms with Crippen LogP contribution < -0.4 is 10.1 Å². The monoisotopic (exact) mass is 606 g/mol. The normalized spacial score (nSPS) is 11.5. The van der Waals surface area contributed by atoms with E-state index < -0.39 is 11.9 Å². The molecule has 2 N–H and O–H groups in total. The van der Waals surface area contributed by atoms with Crippen molar-refractivity contribution in [2.24, 2.45) is 5.92 Å².